The molecule has 0 bridgehead atoms. The first-order chi connectivity index (χ1) is 17.1. The first kappa shape index (κ1) is 25.7. The second-order valence-corrected chi connectivity index (χ2v) is 9.79. The molecule has 1 amide bonds. The standard InChI is InChI=1S/C28H27Cl2NO5/c1-14(2)10-11-17-18(32)12-19(33)21-20(17)25(31(28(21)35)13-16-8-6-5-7-9-16)22-26(34)23(29)15(3)24(30)27(22)36-4/h5-10,12,25,32-34H,11,13H2,1-4H3/t25-/m0/s1. The molecule has 6 nitrogen and oxygen atoms in total. The quantitative estimate of drug-likeness (QED) is 0.311. The van der Waals surface area contributed by atoms with Gasteiger partial charge in [0.05, 0.1) is 34.3 Å². The van der Waals surface area contributed by atoms with Gasteiger partial charge in [0, 0.05) is 23.7 Å². The van der Waals surface area contributed by atoms with E-state index in [-0.39, 0.29) is 50.7 Å². The lowest BCUT2D eigenvalue weighted by Crippen LogP contribution is -2.29. The Morgan fingerprint density at radius 1 is 1.06 bits per heavy atom. The van der Waals surface area contributed by atoms with E-state index in [4.69, 9.17) is 27.9 Å². The van der Waals surface area contributed by atoms with Crippen LogP contribution in [-0.4, -0.2) is 33.2 Å². The Balaban J connectivity index is 2.08. The van der Waals surface area contributed by atoms with Gasteiger partial charge in [0.15, 0.2) is 0 Å². The molecule has 36 heavy (non-hydrogen) atoms. The van der Waals surface area contributed by atoms with Crippen molar-refractivity contribution in [3.63, 3.8) is 0 Å². The van der Waals surface area contributed by atoms with Crippen molar-refractivity contribution >= 4 is 29.1 Å². The fraction of sp³-hybridized carbons (Fsp3) is 0.250. The van der Waals surface area contributed by atoms with Gasteiger partial charge in [-0.05, 0) is 38.3 Å². The van der Waals surface area contributed by atoms with Gasteiger partial charge in [-0.25, -0.2) is 0 Å². The van der Waals surface area contributed by atoms with Crippen molar-refractivity contribution in [2.75, 3.05) is 7.11 Å². The molecule has 8 heteroatoms. The van der Waals surface area contributed by atoms with Crippen LogP contribution < -0.4 is 4.74 Å². The van der Waals surface area contributed by atoms with Crippen molar-refractivity contribution in [2.24, 2.45) is 0 Å². The lowest BCUT2D eigenvalue weighted by atomic mass is 9.89. The van der Waals surface area contributed by atoms with Crippen molar-refractivity contribution in [1.82, 2.24) is 4.90 Å². The van der Waals surface area contributed by atoms with Gasteiger partial charge in [0.25, 0.3) is 5.91 Å². The number of hydrogen-bond acceptors (Lipinski definition) is 5. The van der Waals surface area contributed by atoms with Crippen LogP contribution in [0.5, 0.6) is 23.0 Å². The van der Waals surface area contributed by atoms with Crippen molar-refractivity contribution in [3.8, 4) is 23.0 Å². The van der Waals surface area contributed by atoms with Crippen LogP contribution in [0.4, 0.5) is 0 Å². The summed E-state index contributed by atoms with van der Waals surface area (Å²) in [5.41, 5.74) is 3.34. The Bertz CT molecular complexity index is 1380. The minimum atomic E-state index is -0.947. The third-order valence-electron chi connectivity index (χ3n) is 6.45. The number of fused-ring (bicyclic) bond motifs is 1. The molecule has 0 fully saturated rings. The molecule has 188 valence electrons. The van der Waals surface area contributed by atoms with E-state index in [0.29, 0.717) is 23.1 Å². The maximum atomic E-state index is 13.8. The summed E-state index contributed by atoms with van der Waals surface area (Å²) < 4.78 is 5.63. The highest BCUT2D eigenvalue weighted by Crippen LogP contribution is 2.55. The summed E-state index contributed by atoms with van der Waals surface area (Å²) >= 11 is 13.1. The molecule has 0 unspecified atom stereocenters. The molecule has 3 aromatic rings. The Morgan fingerprint density at radius 3 is 2.33 bits per heavy atom. The topological polar surface area (TPSA) is 90.2 Å². The molecule has 0 spiro atoms. The van der Waals surface area contributed by atoms with E-state index in [1.165, 1.54) is 18.1 Å². The van der Waals surface area contributed by atoms with E-state index >= 15 is 0 Å². The SMILES string of the molecule is COc1c(Cl)c(C)c(Cl)c(O)c1[C@@H]1c2c(CC=C(C)C)c(O)cc(O)c2C(=O)N1Cc1ccccc1. The molecule has 1 aliphatic heterocycles. The van der Waals surface area contributed by atoms with Gasteiger partial charge in [-0.2, -0.15) is 0 Å². The molecular formula is C28H27Cl2NO5. The van der Waals surface area contributed by atoms with E-state index < -0.39 is 11.9 Å². The summed E-state index contributed by atoms with van der Waals surface area (Å²) in [6.07, 6.45) is 2.22. The minimum absolute atomic E-state index is 0.0339. The van der Waals surface area contributed by atoms with Crippen LogP contribution in [0.25, 0.3) is 0 Å². The van der Waals surface area contributed by atoms with Gasteiger partial charge in [-0.3, -0.25) is 4.79 Å². The molecule has 1 atom stereocenters. The number of methoxy groups -OCH3 is 1. The van der Waals surface area contributed by atoms with Crippen molar-refractivity contribution in [2.45, 2.75) is 39.8 Å². The van der Waals surface area contributed by atoms with Gasteiger partial charge in [-0.15, -0.1) is 0 Å². The van der Waals surface area contributed by atoms with Crippen LogP contribution in [0.2, 0.25) is 10.0 Å². The van der Waals surface area contributed by atoms with E-state index in [0.717, 1.165) is 11.1 Å². The zero-order chi connectivity index (χ0) is 26.3. The molecule has 0 saturated carbocycles. The zero-order valence-corrected chi connectivity index (χ0v) is 21.9. The second-order valence-electron chi connectivity index (χ2n) is 9.04. The highest BCUT2D eigenvalue weighted by atomic mass is 35.5. The lowest BCUT2D eigenvalue weighted by molar-refractivity contribution is 0.0731. The summed E-state index contributed by atoms with van der Waals surface area (Å²) in [4.78, 5) is 15.4. The number of ether oxygens (including phenoxy) is 1. The number of benzene rings is 3. The number of allylic oxidation sites excluding steroid dienone is 2. The fourth-order valence-corrected chi connectivity index (χ4v) is 5.18. The Kier molecular flexibility index (Phi) is 7.12. The van der Waals surface area contributed by atoms with Gasteiger partial charge in [0.2, 0.25) is 0 Å². The second kappa shape index (κ2) is 9.96. The molecule has 1 heterocycles. The summed E-state index contributed by atoms with van der Waals surface area (Å²) in [5.74, 6) is -1.09. The smallest absolute Gasteiger partial charge is 0.259 e. The van der Waals surface area contributed by atoms with Crippen LogP contribution in [0.3, 0.4) is 0 Å². The molecular weight excluding hydrogens is 501 g/mol. The third-order valence-corrected chi connectivity index (χ3v) is 7.36. The predicted molar refractivity (Wildman–Crippen MR) is 140 cm³/mol. The number of carbonyl (C=O) groups is 1. The van der Waals surface area contributed by atoms with Gasteiger partial charge in [0.1, 0.15) is 23.0 Å². The van der Waals surface area contributed by atoms with Gasteiger partial charge >= 0.3 is 0 Å². The zero-order valence-electron chi connectivity index (χ0n) is 20.4. The van der Waals surface area contributed by atoms with Crippen LogP contribution in [0.15, 0.2) is 48.0 Å². The summed E-state index contributed by atoms with van der Waals surface area (Å²) in [6.45, 7) is 5.67. The Morgan fingerprint density at radius 2 is 1.72 bits per heavy atom. The molecule has 3 aromatic carbocycles. The first-order valence-corrected chi connectivity index (χ1v) is 12.1. The minimum Gasteiger partial charge on any atom is -0.508 e. The summed E-state index contributed by atoms with van der Waals surface area (Å²) in [5, 5.41) is 33.2. The summed E-state index contributed by atoms with van der Waals surface area (Å²) in [6, 6.07) is 9.58. The monoisotopic (exact) mass is 527 g/mol. The predicted octanol–water partition coefficient (Wildman–Crippen LogP) is 6.68. The average Bonchev–Trinajstić information content (AvgIpc) is 3.12. The van der Waals surface area contributed by atoms with Crippen molar-refractivity contribution in [1.29, 1.82) is 0 Å². The lowest BCUT2D eigenvalue weighted by Gasteiger charge is -2.30. The van der Waals surface area contributed by atoms with E-state index in [1.807, 2.05) is 50.3 Å². The molecule has 0 saturated heterocycles. The normalized spacial score (nSPS) is 14.7. The number of phenols is 3. The number of nitrogens with zero attached hydrogens (tertiary/aromatic N) is 1. The van der Waals surface area contributed by atoms with Crippen LogP contribution in [-0.2, 0) is 13.0 Å². The Hall–Kier alpha value is -3.35. The van der Waals surface area contributed by atoms with Crippen LogP contribution >= 0.6 is 23.2 Å². The number of aromatic hydroxyl groups is 3. The maximum absolute atomic E-state index is 13.8. The van der Waals surface area contributed by atoms with Crippen LogP contribution in [0, 0.1) is 6.92 Å². The number of rotatable bonds is 6. The highest BCUT2D eigenvalue weighted by molar-refractivity contribution is 6.38. The summed E-state index contributed by atoms with van der Waals surface area (Å²) in [7, 11) is 1.42. The fourth-order valence-electron chi connectivity index (χ4n) is 4.66. The molecule has 0 radical (unpaired) electrons. The number of phenolic OH excluding ortho intramolecular Hbond substituents is 3. The molecule has 0 aliphatic carbocycles. The van der Waals surface area contributed by atoms with E-state index in [1.54, 1.807) is 6.92 Å². The van der Waals surface area contributed by atoms with E-state index in [9.17, 15) is 20.1 Å². The third kappa shape index (κ3) is 4.25. The average molecular weight is 528 g/mol. The first-order valence-electron chi connectivity index (χ1n) is 11.4. The molecule has 0 aromatic heterocycles. The molecule has 3 N–H and O–H groups in total. The van der Waals surface area contributed by atoms with E-state index in [2.05, 4.69) is 0 Å². The Labute approximate surface area is 220 Å². The van der Waals surface area contributed by atoms with Crippen molar-refractivity contribution in [3.05, 3.63) is 91.5 Å². The maximum Gasteiger partial charge on any atom is 0.259 e. The van der Waals surface area contributed by atoms with Crippen LogP contribution in [0.1, 0.15) is 58.1 Å². The molecule has 1 aliphatic rings. The number of halogens is 2. The number of hydrogen-bond donors (Lipinski definition) is 3. The highest BCUT2D eigenvalue weighted by Gasteiger charge is 2.45. The molecule has 4 rings (SSSR count). The largest absolute Gasteiger partial charge is 0.508 e. The van der Waals surface area contributed by atoms with Crippen molar-refractivity contribution < 1.29 is 24.9 Å². The number of carbonyl (C=O) groups excluding carboxylic acids is 1. The van der Waals surface area contributed by atoms with Gasteiger partial charge in [-0.1, -0.05) is 65.2 Å². The van der Waals surface area contributed by atoms with Gasteiger partial charge < -0.3 is 25.0 Å². The number of amides is 1.